The third-order valence-corrected chi connectivity index (χ3v) is 6.24. The van der Waals surface area contributed by atoms with Gasteiger partial charge in [-0.25, -0.2) is 12.7 Å². The molecule has 1 atom stereocenters. The van der Waals surface area contributed by atoms with Gasteiger partial charge in [-0.1, -0.05) is 6.92 Å². The van der Waals surface area contributed by atoms with E-state index >= 15 is 0 Å². The van der Waals surface area contributed by atoms with E-state index in [0.29, 0.717) is 5.56 Å². The Balaban J connectivity index is 2.47. The van der Waals surface area contributed by atoms with Crippen LogP contribution in [0.1, 0.15) is 43.5 Å². The van der Waals surface area contributed by atoms with Crippen molar-refractivity contribution in [3.63, 3.8) is 0 Å². The second-order valence-electron chi connectivity index (χ2n) is 6.44. The van der Waals surface area contributed by atoms with Crippen molar-refractivity contribution >= 4 is 21.6 Å². The molecule has 2 rings (SSSR count). The fraction of sp³-hybridized carbons (Fsp3) is 0.588. The second-order valence-corrected chi connectivity index (χ2v) is 8.60. The van der Waals surface area contributed by atoms with Gasteiger partial charge in [-0.2, -0.15) is 0 Å². The van der Waals surface area contributed by atoms with E-state index in [2.05, 4.69) is 10.2 Å². The number of anilines is 1. The molecule has 7 heteroatoms. The molecule has 1 aromatic rings. The number of amides is 1. The van der Waals surface area contributed by atoms with Gasteiger partial charge in [0.2, 0.25) is 10.0 Å². The lowest BCUT2D eigenvalue weighted by Crippen LogP contribution is -2.34. The molecule has 0 aromatic heterocycles. The quantitative estimate of drug-likeness (QED) is 0.850. The molecular formula is C17H27N3O3S. The minimum absolute atomic E-state index is 0.0399. The van der Waals surface area contributed by atoms with Crippen molar-refractivity contribution in [3.05, 3.63) is 23.8 Å². The summed E-state index contributed by atoms with van der Waals surface area (Å²) in [5.74, 6) is -0.220. The van der Waals surface area contributed by atoms with Crippen LogP contribution in [-0.4, -0.2) is 51.9 Å². The smallest absolute Gasteiger partial charge is 0.253 e. The van der Waals surface area contributed by atoms with E-state index in [0.717, 1.165) is 42.3 Å². The van der Waals surface area contributed by atoms with Crippen LogP contribution in [-0.2, 0) is 10.0 Å². The van der Waals surface area contributed by atoms with Crippen molar-refractivity contribution in [2.75, 3.05) is 32.1 Å². The van der Waals surface area contributed by atoms with Gasteiger partial charge in [-0.15, -0.1) is 0 Å². The third kappa shape index (κ3) is 3.89. The molecule has 1 aliphatic heterocycles. The minimum atomic E-state index is -3.57. The topological polar surface area (TPSA) is 69.7 Å². The Morgan fingerprint density at radius 3 is 2.46 bits per heavy atom. The summed E-state index contributed by atoms with van der Waals surface area (Å²) in [5, 5.41) is 2.94. The molecule has 1 fully saturated rings. The number of nitrogens with zero attached hydrogens (tertiary/aromatic N) is 2. The van der Waals surface area contributed by atoms with Gasteiger partial charge in [0.15, 0.2) is 0 Å². The molecule has 0 spiro atoms. The molecule has 0 saturated carbocycles. The standard InChI is InChI=1S/C17H27N3O3S/c1-5-13(2)18-17(21)15-12-14(24(22,23)19(3)4)8-9-16(15)20-10-6-7-11-20/h8-9,12-13H,5-7,10-11H2,1-4H3,(H,18,21). The maximum absolute atomic E-state index is 12.7. The highest BCUT2D eigenvalue weighted by atomic mass is 32.2. The van der Waals surface area contributed by atoms with Gasteiger partial charge in [-0.05, 0) is 44.4 Å². The highest BCUT2D eigenvalue weighted by Gasteiger charge is 2.24. The molecule has 1 aromatic carbocycles. The summed E-state index contributed by atoms with van der Waals surface area (Å²) in [4.78, 5) is 15.0. The Kier molecular flexibility index (Phi) is 5.87. The molecule has 0 radical (unpaired) electrons. The zero-order chi connectivity index (χ0) is 17.9. The average Bonchev–Trinajstić information content (AvgIpc) is 3.08. The van der Waals surface area contributed by atoms with Gasteiger partial charge in [-0.3, -0.25) is 4.79 Å². The Morgan fingerprint density at radius 2 is 1.92 bits per heavy atom. The molecule has 1 aliphatic rings. The van der Waals surface area contributed by atoms with Crippen molar-refractivity contribution in [2.45, 2.75) is 44.0 Å². The summed E-state index contributed by atoms with van der Waals surface area (Å²) in [6.45, 7) is 5.72. The molecule has 1 N–H and O–H groups in total. The molecule has 0 bridgehead atoms. The molecular weight excluding hydrogens is 326 g/mol. The highest BCUT2D eigenvalue weighted by molar-refractivity contribution is 7.89. The van der Waals surface area contributed by atoms with Crippen molar-refractivity contribution in [3.8, 4) is 0 Å². The van der Waals surface area contributed by atoms with Crippen LogP contribution in [0.2, 0.25) is 0 Å². The molecule has 6 nitrogen and oxygen atoms in total. The number of benzene rings is 1. The van der Waals surface area contributed by atoms with Crippen LogP contribution < -0.4 is 10.2 Å². The lowest BCUT2D eigenvalue weighted by atomic mass is 10.1. The molecule has 1 heterocycles. The van der Waals surface area contributed by atoms with Gasteiger partial charge >= 0.3 is 0 Å². The summed E-state index contributed by atoms with van der Waals surface area (Å²) < 4.78 is 26.0. The van der Waals surface area contributed by atoms with E-state index in [1.165, 1.54) is 20.2 Å². The number of carbonyl (C=O) groups excluding carboxylic acids is 1. The van der Waals surface area contributed by atoms with Gasteiger partial charge in [0.25, 0.3) is 5.91 Å². The zero-order valence-corrected chi connectivity index (χ0v) is 15.7. The van der Waals surface area contributed by atoms with Gasteiger partial charge in [0, 0.05) is 38.9 Å². The Labute approximate surface area is 144 Å². The summed E-state index contributed by atoms with van der Waals surface area (Å²) in [7, 11) is -0.595. The van der Waals surface area contributed by atoms with E-state index in [-0.39, 0.29) is 16.8 Å². The Hall–Kier alpha value is -1.60. The van der Waals surface area contributed by atoms with Crippen molar-refractivity contribution in [1.29, 1.82) is 0 Å². The number of hydrogen-bond acceptors (Lipinski definition) is 4. The molecule has 134 valence electrons. The molecule has 1 saturated heterocycles. The Morgan fingerprint density at radius 1 is 1.29 bits per heavy atom. The maximum atomic E-state index is 12.7. The first-order valence-electron chi connectivity index (χ1n) is 8.39. The third-order valence-electron chi connectivity index (χ3n) is 4.43. The first kappa shape index (κ1) is 18.7. The fourth-order valence-corrected chi connectivity index (χ4v) is 3.63. The highest BCUT2D eigenvalue weighted by Crippen LogP contribution is 2.28. The van der Waals surface area contributed by atoms with Crippen LogP contribution in [0.25, 0.3) is 0 Å². The van der Waals surface area contributed by atoms with Gasteiger partial charge in [0.1, 0.15) is 0 Å². The zero-order valence-electron chi connectivity index (χ0n) is 14.9. The van der Waals surface area contributed by atoms with Gasteiger partial charge < -0.3 is 10.2 Å². The van der Waals surface area contributed by atoms with Crippen LogP contribution in [0.3, 0.4) is 0 Å². The van der Waals surface area contributed by atoms with E-state index in [1.807, 2.05) is 13.8 Å². The maximum Gasteiger partial charge on any atom is 0.253 e. The number of rotatable bonds is 6. The van der Waals surface area contributed by atoms with Crippen LogP contribution in [0.4, 0.5) is 5.69 Å². The summed E-state index contributed by atoms with van der Waals surface area (Å²) in [6.07, 6.45) is 2.99. The van der Waals surface area contributed by atoms with Crippen LogP contribution >= 0.6 is 0 Å². The summed E-state index contributed by atoms with van der Waals surface area (Å²) >= 11 is 0. The van der Waals surface area contributed by atoms with Crippen LogP contribution in [0.15, 0.2) is 23.1 Å². The monoisotopic (exact) mass is 353 g/mol. The predicted octanol–water partition coefficient (Wildman–Crippen LogP) is 2.07. The average molecular weight is 353 g/mol. The number of carbonyl (C=O) groups is 1. The molecule has 1 amide bonds. The van der Waals surface area contributed by atoms with Crippen molar-refractivity contribution in [2.24, 2.45) is 0 Å². The largest absolute Gasteiger partial charge is 0.371 e. The van der Waals surface area contributed by atoms with E-state index < -0.39 is 10.0 Å². The predicted molar refractivity (Wildman–Crippen MR) is 96.0 cm³/mol. The van der Waals surface area contributed by atoms with Gasteiger partial charge in [0.05, 0.1) is 10.5 Å². The minimum Gasteiger partial charge on any atom is -0.371 e. The van der Waals surface area contributed by atoms with Crippen LogP contribution in [0.5, 0.6) is 0 Å². The first-order valence-corrected chi connectivity index (χ1v) is 9.83. The van der Waals surface area contributed by atoms with Crippen molar-refractivity contribution < 1.29 is 13.2 Å². The first-order chi connectivity index (χ1) is 11.3. The van der Waals surface area contributed by atoms with Crippen molar-refractivity contribution in [1.82, 2.24) is 9.62 Å². The SMILES string of the molecule is CCC(C)NC(=O)c1cc(S(=O)(=O)N(C)C)ccc1N1CCCC1. The number of sulfonamides is 1. The normalized spacial score (nSPS) is 16.5. The second kappa shape index (κ2) is 7.53. The Bertz CT molecular complexity index is 695. The van der Waals surface area contributed by atoms with E-state index in [9.17, 15) is 13.2 Å². The van der Waals surface area contributed by atoms with E-state index in [4.69, 9.17) is 0 Å². The molecule has 0 aliphatic carbocycles. The lowest BCUT2D eigenvalue weighted by Gasteiger charge is -2.23. The number of hydrogen-bond donors (Lipinski definition) is 1. The lowest BCUT2D eigenvalue weighted by molar-refractivity contribution is 0.0939. The van der Waals surface area contributed by atoms with E-state index in [1.54, 1.807) is 12.1 Å². The summed E-state index contributed by atoms with van der Waals surface area (Å²) in [5.41, 5.74) is 1.24. The molecule has 1 unspecified atom stereocenters. The van der Waals surface area contributed by atoms with Crippen LogP contribution in [0, 0.1) is 0 Å². The molecule has 24 heavy (non-hydrogen) atoms. The number of nitrogens with one attached hydrogen (secondary N) is 1. The fourth-order valence-electron chi connectivity index (χ4n) is 2.71. The summed E-state index contributed by atoms with van der Waals surface area (Å²) in [6, 6.07) is 4.88.